The fraction of sp³-hybridized carbons (Fsp3) is 0.556. The first-order chi connectivity index (χ1) is 12.1. The number of carbonyl (C=O) groups excluding carboxylic acids is 2. The quantitative estimate of drug-likeness (QED) is 0.799. The van der Waals surface area contributed by atoms with Gasteiger partial charge in [0.05, 0.1) is 12.5 Å². The van der Waals surface area contributed by atoms with E-state index < -0.39 is 0 Å². The molecule has 0 aliphatic carbocycles. The van der Waals surface area contributed by atoms with Gasteiger partial charge in [-0.3, -0.25) is 9.59 Å². The highest BCUT2D eigenvalue weighted by Gasteiger charge is 2.36. The fourth-order valence-electron chi connectivity index (χ4n) is 3.50. The zero-order chi connectivity index (χ0) is 17.8. The summed E-state index contributed by atoms with van der Waals surface area (Å²) in [6.07, 6.45) is 1.98. The predicted molar refractivity (Wildman–Crippen MR) is 94.8 cm³/mol. The minimum atomic E-state index is -0.277. The van der Waals surface area contributed by atoms with Crippen molar-refractivity contribution in [3.63, 3.8) is 0 Å². The summed E-state index contributed by atoms with van der Waals surface area (Å²) in [6, 6.07) is 7.40. The SMILES string of the molecule is CCOC(=O)C1CCN(C(=O)C2CC(c3ccccc3Cl)NN2)CC1. The average Bonchev–Trinajstić information content (AvgIpc) is 3.11. The summed E-state index contributed by atoms with van der Waals surface area (Å²) in [5.74, 6) is -0.159. The molecule has 2 saturated heterocycles. The van der Waals surface area contributed by atoms with Crippen LogP contribution in [0.15, 0.2) is 24.3 Å². The second-order valence-electron chi connectivity index (χ2n) is 6.50. The van der Waals surface area contributed by atoms with Crippen molar-refractivity contribution in [1.82, 2.24) is 15.8 Å². The second-order valence-corrected chi connectivity index (χ2v) is 6.91. The van der Waals surface area contributed by atoms with Gasteiger partial charge in [-0.2, -0.15) is 0 Å². The number of benzene rings is 1. The maximum Gasteiger partial charge on any atom is 0.309 e. The van der Waals surface area contributed by atoms with E-state index in [1.165, 1.54) is 0 Å². The van der Waals surface area contributed by atoms with Crippen molar-refractivity contribution in [2.45, 2.75) is 38.3 Å². The number of likely N-dealkylation sites (tertiary alicyclic amines) is 1. The van der Waals surface area contributed by atoms with Crippen LogP contribution in [0.25, 0.3) is 0 Å². The molecule has 0 spiro atoms. The highest BCUT2D eigenvalue weighted by molar-refractivity contribution is 6.31. The number of halogens is 1. The lowest BCUT2D eigenvalue weighted by Crippen LogP contribution is -2.49. The minimum absolute atomic E-state index is 0.0136. The Morgan fingerprint density at radius 2 is 1.96 bits per heavy atom. The van der Waals surface area contributed by atoms with Crippen LogP contribution < -0.4 is 10.9 Å². The third-order valence-electron chi connectivity index (χ3n) is 4.91. The van der Waals surface area contributed by atoms with Crippen molar-refractivity contribution in [2.24, 2.45) is 5.92 Å². The first-order valence-electron chi connectivity index (χ1n) is 8.81. The van der Waals surface area contributed by atoms with Crippen molar-refractivity contribution in [3.05, 3.63) is 34.9 Å². The van der Waals surface area contributed by atoms with E-state index in [4.69, 9.17) is 16.3 Å². The number of esters is 1. The van der Waals surface area contributed by atoms with Crippen LogP contribution in [0.2, 0.25) is 5.02 Å². The lowest BCUT2D eigenvalue weighted by molar-refractivity contribution is -0.151. The summed E-state index contributed by atoms with van der Waals surface area (Å²) in [5.41, 5.74) is 7.26. The third-order valence-corrected chi connectivity index (χ3v) is 5.25. The summed E-state index contributed by atoms with van der Waals surface area (Å²) in [5, 5.41) is 0.699. The van der Waals surface area contributed by atoms with Gasteiger partial charge < -0.3 is 9.64 Å². The molecule has 2 fully saturated rings. The predicted octanol–water partition coefficient (Wildman–Crippen LogP) is 2.05. The maximum atomic E-state index is 12.7. The van der Waals surface area contributed by atoms with Gasteiger partial charge >= 0.3 is 5.97 Å². The van der Waals surface area contributed by atoms with Crippen molar-refractivity contribution < 1.29 is 14.3 Å². The summed E-state index contributed by atoms with van der Waals surface area (Å²) in [7, 11) is 0. The Kier molecular flexibility index (Phi) is 5.93. The fourth-order valence-corrected chi connectivity index (χ4v) is 3.76. The van der Waals surface area contributed by atoms with E-state index in [0.29, 0.717) is 44.0 Å². The van der Waals surface area contributed by atoms with E-state index in [0.717, 1.165) is 5.56 Å². The molecule has 2 aliphatic rings. The van der Waals surface area contributed by atoms with E-state index in [1.54, 1.807) is 0 Å². The van der Waals surface area contributed by atoms with Crippen LogP contribution in [0.5, 0.6) is 0 Å². The zero-order valence-electron chi connectivity index (χ0n) is 14.3. The van der Waals surface area contributed by atoms with Crippen molar-refractivity contribution in [2.75, 3.05) is 19.7 Å². The highest BCUT2D eigenvalue weighted by Crippen LogP contribution is 2.29. The number of rotatable bonds is 4. The van der Waals surface area contributed by atoms with Gasteiger partial charge in [-0.1, -0.05) is 29.8 Å². The molecule has 2 atom stereocenters. The molecular formula is C18H24ClN3O3. The zero-order valence-corrected chi connectivity index (χ0v) is 15.1. The molecule has 2 unspecified atom stereocenters. The van der Waals surface area contributed by atoms with Crippen molar-refractivity contribution in [3.8, 4) is 0 Å². The Morgan fingerprint density at radius 3 is 2.64 bits per heavy atom. The third kappa shape index (κ3) is 4.14. The molecule has 0 aromatic heterocycles. The first kappa shape index (κ1) is 18.2. The summed E-state index contributed by atoms with van der Waals surface area (Å²) < 4.78 is 5.07. The first-order valence-corrected chi connectivity index (χ1v) is 9.18. The van der Waals surface area contributed by atoms with Crippen LogP contribution in [0, 0.1) is 5.92 Å². The number of hydrazine groups is 1. The van der Waals surface area contributed by atoms with E-state index in [1.807, 2.05) is 36.1 Å². The van der Waals surface area contributed by atoms with E-state index in [-0.39, 0.29) is 29.9 Å². The topological polar surface area (TPSA) is 70.7 Å². The van der Waals surface area contributed by atoms with Crippen molar-refractivity contribution >= 4 is 23.5 Å². The van der Waals surface area contributed by atoms with E-state index >= 15 is 0 Å². The van der Waals surface area contributed by atoms with Crippen LogP contribution in [-0.2, 0) is 14.3 Å². The number of nitrogens with one attached hydrogen (secondary N) is 2. The Labute approximate surface area is 152 Å². The van der Waals surface area contributed by atoms with Crippen LogP contribution in [0.4, 0.5) is 0 Å². The number of ether oxygens (including phenoxy) is 1. The van der Waals surface area contributed by atoms with Crippen LogP contribution in [-0.4, -0.2) is 42.5 Å². The summed E-state index contributed by atoms with van der Waals surface area (Å²) >= 11 is 6.24. The summed E-state index contributed by atoms with van der Waals surface area (Å²) in [4.78, 5) is 26.4. The van der Waals surface area contributed by atoms with Gasteiger partial charge in [0.1, 0.15) is 6.04 Å². The number of piperidine rings is 1. The number of hydrogen-bond acceptors (Lipinski definition) is 5. The van der Waals surface area contributed by atoms with Crippen LogP contribution in [0.3, 0.4) is 0 Å². The molecule has 3 rings (SSSR count). The molecule has 136 valence electrons. The Bertz CT molecular complexity index is 632. The normalized spacial score (nSPS) is 24.3. The molecule has 1 aromatic carbocycles. The van der Waals surface area contributed by atoms with Crippen molar-refractivity contribution in [1.29, 1.82) is 0 Å². The molecular weight excluding hydrogens is 342 g/mol. The van der Waals surface area contributed by atoms with Crippen LogP contribution in [0.1, 0.15) is 37.8 Å². The molecule has 1 aromatic rings. The molecule has 6 nitrogen and oxygen atoms in total. The number of hydrogen-bond donors (Lipinski definition) is 2. The summed E-state index contributed by atoms with van der Waals surface area (Å²) in [6.45, 7) is 3.40. The number of carbonyl (C=O) groups is 2. The van der Waals surface area contributed by atoms with Gasteiger partial charge in [0.15, 0.2) is 0 Å². The van der Waals surface area contributed by atoms with Gasteiger partial charge in [0, 0.05) is 24.2 Å². The van der Waals surface area contributed by atoms with E-state index in [9.17, 15) is 9.59 Å². The molecule has 1 amide bonds. The lowest BCUT2D eigenvalue weighted by Gasteiger charge is -2.32. The molecule has 7 heteroatoms. The van der Waals surface area contributed by atoms with Gasteiger partial charge in [-0.25, -0.2) is 10.9 Å². The molecule has 2 heterocycles. The molecule has 0 saturated carbocycles. The molecule has 2 N–H and O–H groups in total. The average molecular weight is 366 g/mol. The molecule has 0 radical (unpaired) electrons. The Morgan fingerprint density at radius 1 is 1.24 bits per heavy atom. The lowest BCUT2D eigenvalue weighted by atomic mass is 9.95. The maximum absolute atomic E-state index is 12.7. The van der Waals surface area contributed by atoms with Crippen LogP contribution >= 0.6 is 11.6 Å². The highest BCUT2D eigenvalue weighted by atomic mass is 35.5. The smallest absolute Gasteiger partial charge is 0.309 e. The van der Waals surface area contributed by atoms with Gasteiger partial charge in [-0.05, 0) is 37.8 Å². The molecule has 25 heavy (non-hydrogen) atoms. The molecule has 0 bridgehead atoms. The Balaban J connectivity index is 1.53. The monoisotopic (exact) mass is 365 g/mol. The molecule has 2 aliphatic heterocycles. The standard InChI is InChI=1S/C18H24ClN3O3/c1-2-25-18(24)12-7-9-22(10-8-12)17(23)16-11-15(20-21-16)13-5-3-4-6-14(13)19/h3-6,12,15-16,20-21H,2,7-11H2,1H3. The van der Waals surface area contributed by atoms with E-state index in [2.05, 4.69) is 10.9 Å². The number of amides is 1. The number of nitrogens with zero attached hydrogens (tertiary/aromatic N) is 1. The van der Waals surface area contributed by atoms with Gasteiger partial charge in [0.2, 0.25) is 5.91 Å². The minimum Gasteiger partial charge on any atom is -0.466 e. The largest absolute Gasteiger partial charge is 0.466 e. The van der Waals surface area contributed by atoms with Gasteiger partial charge in [-0.15, -0.1) is 0 Å². The Hall–Kier alpha value is -1.63. The second kappa shape index (κ2) is 8.17. The van der Waals surface area contributed by atoms with Gasteiger partial charge in [0.25, 0.3) is 0 Å².